The van der Waals surface area contributed by atoms with E-state index in [0.717, 1.165) is 10.0 Å². The second kappa shape index (κ2) is 10.1. The number of anilines is 1. The molecule has 0 saturated heterocycles. The third-order valence-electron chi connectivity index (χ3n) is 4.98. The summed E-state index contributed by atoms with van der Waals surface area (Å²) in [7, 11) is -3.47. The quantitative estimate of drug-likeness (QED) is 0.475. The Morgan fingerprint density at radius 2 is 1.68 bits per heavy atom. The van der Waals surface area contributed by atoms with Crippen LogP contribution in [0.25, 0.3) is 0 Å². The second-order valence-corrected chi connectivity index (χ2v) is 10.3. The largest absolute Gasteiger partial charge is 0.351 e. The number of hydrogen-bond donors (Lipinski definition) is 1. The number of carbonyl (C=O) groups excluding carboxylic acids is 1. The van der Waals surface area contributed by atoms with E-state index in [4.69, 9.17) is 0 Å². The van der Waals surface area contributed by atoms with Crippen molar-refractivity contribution in [2.45, 2.75) is 19.4 Å². The predicted molar refractivity (Wildman–Crippen MR) is 129 cm³/mol. The Hall–Kier alpha value is -2.64. The molecule has 7 heteroatoms. The van der Waals surface area contributed by atoms with Gasteiger partial charge in [-0.05, 0) is 47.4 Å². The van der Waals surface area contributed by atoms with Crippen LogP contribution < -0.4 is 9.62 Å². The van der Waals surface area contributed by atoms with E-state index < -0.39 is 10.0 Å². The highest BCUT2D eigenvalue weighted by molar-refractivity contribution is 9.10. The molecule has 0 aromatic heterocycles. The summed E-state index contributed by atoms with van der Waals surface area (Å²) in [4.78, 5) is 12.5. The molecule has 0 unspecified atom stereocenters. The number of sulfonamides is 1. The van der Waals surface area contributed by atoms with Crippen molar-refractivity contribution in [3.8, 4) is 0 Å². The lowest BCUT2D eigenvalue weighted by molar-refractivity contribution is 0.0951. The Bertz CT molecular complexity index is 1130. The maximum absolute atomic E-state index is 12.5. The Balaban J connectivity index is 1.66. The van der Waals surface area contributed by atoms with Gasteiger partial charge in [-0.15, -0.1) is 0 Å². The molecule has 1 amide bonds. The first kappa shape index (κ1) is 23.0. The molecule has 0 fully saturated rings. The van der Waals surface area contributed by atoms with E-state index in [1.165, 1.54) is 16.1 Å². The molecule has 5 nitrogen and oxygen atoms in total. The van der Waals surface area contributed by atoms with Gasteiger partial charge in [0.05, 0.1) is 18.5 Å². The van der Waals surface area contributed by atoms with Crippen LogP contribution in [0, 0.1) is 0 Å². The van der Waals surface area contributed by atoms with Crippen LogP contribution in [-0.2, 0) is 16.6 Å². The summed E-state index contributed by atoms with van der Waals surface area (Å²) in [6.07, 6.45) is 1.18. The number of nitrogens with one attached hydrogen (secondary N) is 1. The van der Waals surface area contributed by atoms with Gasteiger partial charge in [0.25, 0.3) is 5.91 Å². The fourth-order valence-corrected chi connectivity index (χ4v) is 4.47. The molecule has 1 atom stereocenters. The van der Waals surface area contributed by atoms with Gasteiger partial charge in [-0.2, -0.15) is 0 Å². The highest BCUT2D eigenvalue weighted by Gasteiger charge is 2.18. The molecule has 0 aliphatic rings. The fraction of sp³-hybridized carbons (Fsp3) is 0.208. The lowest BCUT2D eigenvalue weighted by Crippen LogP contribution is -2.29. The van der Waals surface area contributed by atoms with Crippen LogP contribution in [0.4, 0.5) is 5.69 Å². The molecule has 31 heavy (non-hydrogen) atoms. The number of carbonyl (C=O) groups is 1. The second-order valence-electron chi connectivity index (χ2n) is 7.47. The smallest absolute Gasteiger partial charge is 0.251 e. The highest BCUT2D eigenvalue weighted by atomic mass is 79.9. The van der Waals surface area contributed by atoms with E-state index >= 15 is 0 Å². The number of benzene rings is 3. The van der Waals surface area contributed by atoms with Crippen LogP contribution in [-0.4, -0.2) is 27.1 Å². The van der Waals surface area contributed by atoms with Gasteiger partial charge in [-0.3, -0.25) is 9.10 Å². The van der Waals surface area contributed by atoms with E-state index in [9.17, 15) is 13.2 Å². The topological polar surface area (TPSA) is 66.5 Å². The van der Waals surface area contributed by atoms with Crippen LogP contribution in [0.2, 0.25) is 0 Å². The predicted octanol–water partition coefficient (Wildman–Crippen LogP) is 4.95. The lowest BCUT2D eigenvalue weighted by Gasteiger charge is -2.23. The lowest BCUT2D eigenvalue weighted by atomic mass is 10.0. The molecule has 0 saturated carbocycles. The van der Waals surface area contributed by atoms with Gasteiger partial charge in [0.15, 0.2) is 0 Å². The molecule has 0 aliphatic heterocycles. The Kier molecular flexibility index (Phi) is 7.51. The van der Waals surface area contributed by atoms with E-state index in [0.29, 0.717) is 17.8 Å². The molecule has 0 heterocycles. The fourth-order valence-electron chi connectivity index (χ4n) is 3.21. The zero-order chi connectivity index (χ0) is 22.4. The zero-order valence-corrected chi connectivity index (χ0v) is 19.9. The van der Waals surface area contributed by atoms with Gasteiger partial charge in [-0.25, -0.2) is 8.42 Å². The van der Waals surface area contributed by atoms with Gasteiger partial charge in [0.1, 0.15) is 0 Å². The van der Waals surface area contributed by atoms with Crippen LogP contribution >= 0.6 is 15.9 Å². The minimum absolute atomic E-state index is 0.152. The van der Waals surface area contributed by atoms with E-state index in [1.54, 1.807) is 42.5 Å². The summed E-state index contributed by atoms with van der Waals surface area (Å²) < 4.78 is 26.8. The molecule has 3 aromatic carbocycles. The van der Waals surface area contributed by atoms with Gasteiger partial charge in [0, 0.05) is 16.6 Å². The molecule has 0 radical (unpaired) electrons. The number of halogens is 1. The molecule has 3 aromatic rings. The maximum atomic E-state index is 12.5. The number of hydrogen-bond acceptors (Lipinski definition) is 3. The summed E-state index contributed by atoms with van der Waals surface area (Å²) in [5.74, 6) is 0.0548. The molecule has 0 spiro atoms. The third kappa shape index (κ3) is 6.42. The molecule has 0 aliphatic carbocycles. The Labute approximate surface area is 192 Å². The van der Waals surface area contributed by atoms with Crippen LogP contribution in [0.15, 0.2) is 83.3 Å². The third-order valence-corrected chi connectivity index (χ3v) is 6.61. The highest BCUT2D eigenvalue weighted by Crippen LogP contribution is 2.24. The van der Waals surface area contributed by atoms with Crippen molar-refractivity contribution in [1.29, 1.82) is 0 Å². The standard InChI is InChI=1S/C24H25BrN2O3S/c1-18(20-7-4-3-5-8-20)16-26-24(28)21-13-11-19(12-14-21)17-27(31(2,29)30)23-10-6-9-22(25)15-23/h3-15,18H,16-17H2,1-2H3,(H,26,28)/t18-/m0/s1. The van der Waals surface area contributed by atoms with Gasteiger partial charge in [0.2, 0.25) is 10.0 Å². The zero-order valence-electron chi connectivity index (χ0n) is 17.5. The van der Waals surface area contributed by atoms with Crippen molar-refractivity contribution in [3.05, 3.63) is 100 Å². The van der Waals surface area contributed by atoms with Crippen molar-refractivity contribution in [2.24, 2.45) is 0 Å². The van der Waals surface area contributed by atoms with Gasteiger partial charge >= 0.3 is 0 Å². The molecular weight excluding hydrogens is 476 g/mol. The van der Waals surface area contributed by atoms with E-state index in [-0.39, 0.29) is 18.4 Å². The van der Waals surface area contributed by atoms with Crippen molar-refractivity contribution < 1.29 is 13.2 Å². The number of nitrogens with zero attached hydrogens (tertiary/aromatic N) is 1. The first-order chi connectivity index (χ1) is 14.7. The summed E-state index contributed by atoms with van der Waals surface area (Å²) in [6.45, 7) is 2.79. The Morgan fingerprint density at radius 3 is 2.29 bits per heavy atom. The molecular formula is C24H25BrN2O3S. The van der Waals surface area contributed by atoms with Crippen molar-refractivity contribution >= 4 is 37.5 Å². The maximum Gasteiger partial charge on any atom is 0.251 e. The first-order valence-electron chi connectivity index (χ1n) is 9.89. The minimum Gasteiger partial charge on any atom is -0.351 e. The van der Waals surface area contributed by atoms with Crippen LogP contribution in [0.1, 0.15) is 34.3 Å². The van der Waals surface area contributed by atoms with Crippen molar-refractivity contribution in [3.63, 3.8) is 0 Å². The molecule has 3 rings (SSSR count). The normalized spacial score (nSPS) is 12.2. The SMILES string of the molecule is C[C@@H](CNC(=O)c1ccc(CN(c2cccc(Br)c2)S(C)(=O)=O)cc1)c1ccccc1. The number of rotatable bonds is 8. The monoisotopic (exact) mass is 500 g/mol. The Morgan fingerprint density at radius 1 is 1.00 bits per heavy atom. The average Bonchev–Trinajstić information content (AvgIpc) is 2.75. The summed E-state index contributed by atoms with van der Waals surface area (Å²) >= 11 is 3.38. The molecule has 0 bridgehead atoms. The van der Waals surface area contributed by atoms with Gasteiger partial charge < -0.3 is 5.32 Å². The first-order valence-corrected chi connectivity index (χ1v) is 12.5. The summed E-state index contributed by atoms with van der Waals surface area (Å²) in [5.41, 5.74) is 3.08. The minimum atomic E-state index is -3.47. The van der Waals surface area contributed by atoms with Crippen LogP contribution in [0.3, 0.4) is 0 Å². The summed E-state index contributed by atoms with van der Waals surface area (Å²) in [5, 5.41) is 2.96. The van der Waals surface area contributed by atoms with E-state index in [1.807, 2.05) is 36.4 Å². The number of amides is 1. The summed E-state index contributed by atoms with van der Waals surface area (Å²) in [6, 6.07) is 24.2. The molecule has 1 N–H and O–H groups in total. The van der Waals surface area contributed by atoms with Crippen molar-refractivity contribution in [2.75, 3.05) is 17.1 Å². The van der Waals surface area contributed by atoms with Crippen LogP contribution in [0.5, 0.6) is 0 Å². The molecule has 162 valence electrons. The average molecular weight is 501 g/mol. The van der Waals surface area contributed by atoms with E-state index in [2.05, 4.69) is 28.2 Å². The van der Waals surface area contributed by atoms with Gasteiger partial charge in [-0.1, -0.05) is 71.4 Å². The van der Waals surface area contributed by atoms with Crippen molar-refractivity contribution in [1.82, 2.24) is 5.32 Å².